The van der Waals surface area contributed by atoms with Crippen LogP contribution in [-0.4, -0.2) is 35.1 Å². The maximum absolute atomic E-state index is 11.1. The summed E-state index contributed by atoms with van der Waals surface area (Å²) in [6.45, 7) is 10.5. The Kier molecular flexibility index (Phi) is 6.22. The number of carbonyl (C=O) groups excluding carboxylic acids is 3. The lowest BCUT2D eigenvalue weighted by Gasteiger charge is -2.30. The zero-order valence-electron chi connectivity index (χ0n) is 10.3. The number of hydrogen-bond acceptors (Lipinski definition) is 7. The molecule has 1 unspecified atom stereocenters. The van der Waals surface area contributed by atoms with Crippen LogP contribution in [0.2, 0.25) is 0 Å². The molecule has 0 aromatic rings. The zero-order chi connectivity index (χ0) is 15.1. The van der Waals surface area contributed by atoms with Crippen molar-refractivity contribution >= 4 is 17.9 Å². The molecule has 1 atom stereocenters. The lowest BCUT2D eigenvalue weighted by Crippen LogP contribution is -2.50. The summed E-state index contributed by atoms with van der Waals surface area (Å²) >= 11 is 0. The molecule has 104 valence electrons. The first-order valence-electron chi connectivity index (χ1n) is 5.05. The van der Waals surface area contributed by atoms with E-state index in [0.717, 1.165) is 25.2 Å². The van der Waals surface area contributed by atoms with E-state index in [4.69, 9.17) is 0 Å². The molecule has 0 bridgehead atoms. The summed E-state index contributed by atoms with van der Waals surface area (Å²) in [7, 11) is 0. The van der Waals surface area contributed by atoms with Gasteiger partial charge in [-0.05, 0) is 6.92 Å². The van der Waals surface area contributed by atoms with Crippen molar-refractivity contribution in [3.05, 3.63) is 38.0 Å². The number of esters is 3. The van der Waals surface area contributed by atoms with Crippen molar-refractivity contribution < 1.29 is 33.7 Å². The van der Waals surface area contributed by atoms with Crippen molar-refractivity contribution in [3.63, 3.8) is 0 Å². The normalized spacial score (nSPS) is 11.7. The van der Waals surface area contributed by atoms with Crippen molar-refractivity contribution in [1.29, 1.82) is 0 Å². The first-order chi connectivity index (χ1) is 8.78. The lowest BCUT2D eigenvalue weighted by molar-refractivity contribution is -0.355. The van der Waals surface area contributed by atoms with Gasteiger partial charge in [-0.15, -0.1) is 0 Å². The summed E-state index contributed by atoms with van der Waals surface area (Å²) < 4.78 is 13.6. The van der Waals surface area contributed by atoms with Crippen LogP contribution in [0.1, 0.15) is 6.92 Å². The first-order valence-corrected chi connectivity index (χ1v) is 5.05. The summed E-state index contributed by atoms with van der Waals surface area (Å²) in [6, 6.07) is 0. The van der Waals surface area contributed by atoms with Gasteiger partial charge in [0, 0.05) is 18.2 Å². The van der Waals surface area contributed by atoms with Gasteiger partial charge in [-0.3, -0.25) is 0 Å². The molecule has 0 aliphatic rings. The molecule has 19 heavy (non-hydrogen) atoms. The summed E-state index contributed by atoms with van der Waals surface area (Å²) in [4.78, 5) is 33.2. The third-order valence-electron chi connectivity index (χ3n) is 1.80. The fraction of sp³-hybridized carbons (Fsp3) is 0.250. The fourth-order valence-electron chi connectivity index (χ4n) is 0.855. The predicted octanol–water partition coefficient (Wildman–Crippen LogP) is 0.209. The van der Waals surface area contributed by atoms with Gasteiger partial charge >= 0.3 is 23.9 Å². The number of hydrogen-bond donors (Lipinski definition) is 1. The largest absolute Gasteiger partial charge is 0.448 e. The summed E-state index contributed by atoms with van der Waals surface area (Å²) in [5, 5.41) is 9.93. The minimum absolute atomic E-state index is 0.731. The van der Waals surface area contributed by atoms with Crippen LogP contribution in [0, 0.1) is 0 Å². The zero-order valence-corrected chi connectivity index (χ0v) is 10.3. The van der Waals surface area contributed by atoms with E-state index in [-0.39, 0.29) is 0 Å². The Balaban J connectivity index is 5.11. The smallest absolute Gasteiger partial charge is 0.413 e. The van der Waals surface area contributed by atoms with Crippen LogP contribution in [0.25, 0.3) is 0 Å². The van der Waals surface area contributed by atoms with E-state index in [0.29, 0.717) is 0 Å². The second-order valence-corrected chi connectivity index (χ2v) is 3.16. The van der Waals surface area contributed by atoms with Crippen LogP contribution in [-0.2, 0) is 28.6 Å². The average Bonchev–Trinajstić information content (AvgIpc) is 2.37. The van der Waals surface area contributed by atoms with E-state index in [1.54, 1.807) is 0 Å². The van der Waals surface area contributed by atoms with Gasteiger partial charge in [0.1, 0.15) is 0 Å². The quantitative estimate of drug-likeness (QED) is 0.401. The van der Waals surface area contributed by atoms with E-state index >= 15 is 0 Å². The summed E-state index contributed by atoms with van der Waals surface area (Å²) in [5.74, 6) is -5.87. The Labute approximate surface area is 109 Å². The molecular weight excluding hydrogens is 256 g/mol. The predicted molar refractivity (Wildman–Crippen MR) is 63.3 cm³/mol. The summed E-state index contributed by atoms with van der Waals surface area (Å²) in [5.41, 5.74) is 0. The van der Waals surface area contributed by atoms with Crippen molar-refractivity contribution in [2.45, 2.75) is 19.0 Å². The maximum atomic E-state index is 11.1. The van der Waals surface area contributed by atoms with E-state index in [2.05, 4.69) is 33.9 Å². The molecule has 1 N–H and O–H groups in total. The van der Waals surface area contributed by atoms with Gasteiger partial charge in [-0.2, -0.15) is 0 Å². The molecule has 0 heterocycles. The van der Waals surface area contributed by atoms with Crippen molar-refractivity contribution in [2.75, 3.05) is 0 Å². The van der Waals surface area contributed by atoms with E-state index < -0.39 is 30.0 Å². The fourth-order valence-corrected chi connectivity index (χ4v) is 0.855. The van der Waals surface area contributed by atoms with Gasteiger partial charge < -0.3 is 19.3 Å². The minimum atomic E-state index is -2.80. The van der Waals surface area contributed by atoms with Crippen LogP contribution < -0.4 is 0 Å². The standard InChI is InChI=1S/C12H14O7/c1-5-9(13)17-8(4)12(16,18-10(14)6-2)19-11(15)7-3/h5-8,16H,1-3H2,4H3. The van der Waals surface area contributed by atoms with E-state index in [1.165, 1.54) is 0 Å². The molecule has 0 saturated heterocycles. The minimum Gasteiger partial charge on any atom is -0.448 e. The van der Waals surface area contributed by atoms with Crippen LogP contribution in [0.15, 0.2) is 38.0 Å². The Morgan fingerprint density at radius 3 is 1.68 bits per heavy atom. The SMILES string of the molecule is C=CC(=O)OC(C)C(O)(OC(=O)C=C)OC(=O)C=C. The van der Waals surface area contributed by atoms with Crippen molar-refractivity contribution in [1.82, 2.24) is 0 Å². The molecule has 0 fully saturated rings. The molecule has 0 spiro atoms. The lowest BCUT2D eigenvalue weighted by atomic mass is 10.3. The average molecular weight is 270 g/mol. The van der Waals surface area contributed by atoms with Gasteiger partial charge in [0.15, 0.2) is 0 Å². The topological polar surface area (TPSA) is 99.1 Å². The molecule has 0 aromatic heterocycles. The highest BCUT2D eigenvalue weighted by Crippen LogP contribution is 2.19. The van der Waals surface area contributed by atoms with Gasteiger partial charge in [-0.1, -0.05) is 19.7 Å². The van der Waals surface area contributed by atoms with Gasteiger partial charge in [0.05, 0.1) is 0 Å². The van der Waals surface area contributed by atoms with Crippen LogP contribution >= 0.6 is 0 Å². The third kappa shape index (κ3) is 5.17. The molecule has 0 radical (unpaired) electrons. The number of ether oxygens (including phenoxy) is 3. The summed E-state index contributed by atoms with van der Waals surface area (Å²) in [6.07, 6.45) is 0.788. The molecule has 7 nitrogen and oxygen atoms in total. The molecular formula is C12H14O7. The van der Waals surface area contributed by atoms with Gasteiger partial charge in [0.25, 0.3) is 0 Å². The number of carbonyl (C=O) groups is 3. The number of rotatable bonds is 7. The highest BCUT2D eigenvalue weighted by Gasteiger charge is 2.44. The van der Waals surface area contributed by atoms with Crippen LogP contribution in [0.4, 0.5) is 0 Å². The molecule has 0 aliphatic heterocycles. The second-order valence-electron chi connectivity index (χ2n) is 3.16. The third-order valence-corrected chi connectivity index (χ3v) is 1.80. The first kappa shape index (κ1) is 16.6. The molecule has 0 saturated carbocycles. The van der Waals surface area contributed by atoms with E-state index in [9.17, 15) is 19.5 Å². The highest BCUT2D eigenvalue weighted by molar-refractivity contribution is 5.84. The Morgan fingerprint density at radius 2 is 1.37 bits per heavy atom. The molecule has 0 aliphatic carbocycles. The Bertz CT molecular complexity index is 388. The molecule has 0 aromatic carbocycles. The highest BCUT2D eigenvalue weighted by atomic mass is 16.9. The van der Waals surface area contributed by atoms with Crippen molar-refractivity contribution in [3.8, 4) is 0 Å². The molecule has 0 amide bonds. The second kappa shape index (κ2) is 7.12. The monoisotopic (exact) mass is 270 g/mol. The van der Waals surface area contributed by atoms with Crippen LogP contribution in [0.5, 0.6) is 0 Å². The molecule has 7 heteroatoms. The van der Waals surface area contributed by atoms with Crippen LogP contribution in [0.3, 0.4) is 0 Å². The Hall–Kier alpha value is -2.41. The maximum Gasteiger partial charge on any atom is 0.413 e. The van der Waals surface area contributed by atoms with Gasteiger partial charge in [0.2, 0.25) is 6.10 Å². The molecule has 0 rings (SSSR count). The Morgan fingerprint density at radius 1 is 1.00 bits per heavy atom. The van der Waals surface area contributed by atoms with E-state index in [1.807, 2.05) is 0 Å². The van der Waals surface area contributed by atoms with Crippen molar-refractivity contribution in [2.24, 2.45) is 0 Å². The number of aliphatic hydroxyl groups is 1. The van der Waals surface area contributed by atoms with Gasteiger partial charge in [-0.25, -0.2) is 14.4 Å².